The first-order valence-corrected chi connectivity index (χ1v) is 3.28. The number of nitrogens with zero attached hydrogens (tertiary/aromatic N) is 3. The average Bonchev–Trinajstić information content (AvgIpc) is 2.27. The largest absolute Gasteiger partial charge is 0.408 e. The van der Waals surface area contributed by atoms with Gasteiger partial charge in [0.05, 0.1) is 12.7 Å². The lowest BCUT2D eigenvalue weighted by Gasteiger charge is -2.14. The van der Waals surface area contributed by atoms with Crippen molar-refractivity contribution in [2.45, 2.75) is 6.92 Å². The fourth-order valence-electron chi connectivity index (χ4n) is 0.966. The van der Waals surface area contributed by atoms with Crippen molar-refractivity contribution in [3.63, 3.8) is 0 Å². The Balaban J connectivity index is 2.27. The third kappa shape index (κ3) is 0.938. The van der Waals surface area contributed by atoms with E-state index in [-0.39, 0.29) is 0 Å². The quantitative estimate of drug-likeness (QED) is 0.523. The first-order valence-electron chi connectivity index (χ1n) is 3.28. The molecule has 2 N–H and O–H groups in total. The molecular weight excluding hydrogens is 144 g/mol. The van der Waals surface area contributed by atoms with Crippen molar-refractivity contribution in [3.8, 4) is 0 Å². The number of ether oxygens (including phenoxy) is 1. The molecule has 2 aliphatic heterocycles. The molecule has 0 spiro atoms. The van der Waals surface area contributed by atoms with Crippen LogP contribution in [0.2, 0.25) is 0 Å². The van der Waals surface area contributed by atoms with Gasteiger partial charge in [-0.05, 0) is 0 Å². The Bertz CT molecular complexity index is 278. The molecule has 5 nitrogen and oxygen atoms in total. The van der Waals surface area contributed by atoms with Crippen molar-refractivity contribution >= 4 is 11.9 Å². The van der Waals surface area contributed by atoms with Crippen molar-refractivity contribution in [1.82, 2.24) is 5.01 Å². The lowest BCUT2D eigenvalue weighted by molar-refractivity contribution is 0.419. The van der Waals surface area contributed by atoms with Gasteiger partial charge in [0.15, 0.2) is 0 Å². The van der Waals surface area contributed by atoms with Crippen LogP contribution in [0.1, 0.15) is 6.92 Å². The standard InChI is InChI=1S/C6H8N4O/c1-4-9-10-3-5(7)2-8-6(10)11-4/h2H,3,7H2,1H3. The zero-order valence-electron chi connectivity index (χ0n) is 6.11. The van der Waals surface area contributed by atoms with Crippen LogP contribution in [0.5, 0.6) is 0 Å². The predicted molar refractivity (Wildman–Crippen MR) is 40.6 cm³/mol. The molecule has 2 heterocycles. The Morgan fingerprint density at radius 2 is 2.55 bits per heavy atom. The van der Waals surface area contributed by atoms with Crippen LogP contribution < -0.4 is 5.73 Å². The summed E-state index contributed by atoms with van der Waals surface area (Å²) in [5.41, 5.74) is 6.21. The number of aliphatic imine (C=N–C) groups is 1. The molecule has 0 bridgehead atoms. The number of hydrogen-bond donors (Lipinski definition) is 1. The molecule has 0 saturated carbocycles. The van der Waals surface area contributed by atoms with Gasteiger partial charge in [-0.15, -0.1) is 5.10 Å². The normalized spacial score (nSPS) is 21.5. The minimum atomic E-state index is 0.511. The lowest BCUT2D eigenvalue weighted by atomic mass is 10.4. The monoisotopic (exact) mass is 152 g/mol. The van der Waals surface area contributed by atoms with E-state index in [4.69, 9.17) is 10.5 Å². The van der Waals surface area contributed by atoms with Gasteiger partial charge in [-0.1, -0.05) is 0 Å². The fourth-order valence-corrected chi connectivity index (χ4v) is 0.966. The molecule has 0 aromatic heterocycles. The molecule has 0 amide bonds. The van der Waals surface area contributed by atoms with Crippen LogP contribution in [0.15, 0.2) is 22.0 Å². The molecule has 58 valence electrons. The summed E-state index contributed by atoms with van der Waals surface area (Å²) in [5.74, 6) is 0.604. The number of rotatable bonds is 0. The molecule has 0 aromatic carbocycles. The molecule has 5 heteroatoms. The maximum atomic E-state index is 5.52. The van der Waals surface area contributed by atoms with Gasteiger partial charge < -0.3 is 10.5 Å². The fraction of sp³-hybridized carbons (Fsp3) is 0.333. The maximum Gasteiger partial charge on any atom is 0.320 e. The topological polar surface area (TPSA) is 63.2 Å². The minimum Gasteiger partial charge on any atom is -0.408 e. The zero-order chi connectivity index (χ0) is 7.84. The van der Waals surface area contributed by atoms with E-state index >= 15 is 0 Å². The second-order valence-electron chi connectivity index (χ2n) is 2.39. The van der Waals surface area contributed by atoms with Crippen molar-refractivity contribution < 1.29 is 4.74 Å². The van der Waals surface area contributed by atoms with E-state index in [1.54, 1.807) is 18.1 Å². The third-order valence-corrected chi connectivity index (χ3v) is 1.39. The van der Waals surface area contributed by atoms with E-state index in [0.717, 1.165) is 0 Å². The molecular formula is C6H8N4O. The number of fused-ring (bicyclic) bond motifs is 1. The molecule has 0 radical (unpaired) electrons. The zero-order valence-corrected chi connectivity index (χ0v) is 6.11. The van der Waals surface area contributed by atoms with E-state index in [9.17, 15) is 0 Å². The first kappa shape index (κ1) is 6.21. The van der Waals surface area contributed by atoms with Gasteiger partial charge in [0.1, 0.15) is 0 Å². The molecule has 0 fully saturated rings. The van der Waals surface area contributed by atoms with Crippen LogP contribution in [-0.2, 0) is 4.74 Å². The SMILES string of the molecule is CC1=NN2CC(N)=CN=C2O1. The second kappa shape index (κ2) is 1.98. The molecule has 0 saturated heterocycles. The molecule has 0 aromatic rings. The van der Waals surface area contributed by atoms with Gasteiger partial charge in [-0.25, -0.2) is 10.0 Å². The third-order valence-electron chi connectivity index (χ3n) is 1.39. The Morgan fingerprint density at radius 3 is 3.36 bits per heavy atom. The first-order chi connectivity index (χ1) is 5.25. The van der Waals surface area contributed by atoms with E-state index in [1.807, 2.05) is 0 Å². The number of hydrogen-bond acceptors (Lipinski definition) is 5. The Labute approximate surface area is 63.8 Å². The van der Waals surface area contributed by atoms with Crippen LogP contribution >= 0.6 is 0 Å². The van der Waals surface area contributed by atoms with Gasteiger partial charge >= 0.3 is 6.02 Å². The predicted octanol–water partition coefficient (Wildman–Crippen LogP) is -0.178. The number of hydrazone groups is 1. The Morgan fingerprint density at radius 1 is 1.73 bits per heavy atom. The lowest BCUT2D eigenvalue weighted by Crippen LogP contribution is -2.29. The van der Waals surface area contributed by atoms with Crippen LogP contribution in [0.25, 0.3) is 0 Å². The van der Waals surface area contributed by atoms with E-state index in [1.165, 1.54) is 0 Å². The molecule has 2 rings (SSSR count). The molecule has 2 aliphatic rings. The summed E-state index contributed by atoms with van der Waals surface area (Å²) in [7, 11) is 0. The maximum absolute atomic E-state index is 5.52. The minimum absolute atomic E-state index is 0.511. The molecule has 0 atom stereocenters. The van der Waals surface area contributed by atoms with Gasteiger partial charge in [0, 0.05) is 12.6 Å². The number of nitrogens with two attached hydrogens (primary N) is 1. The van der Waals surface area contributed by atoms with Crippen molar-refractivity contribution in [1.29, 1.82) is 0 Å². The molecule has 0 aliphatic carbocycles. The Kier molecular flexibility index (Phi) is 1.12. The highest BCUT2D eigenvalue weighted by atomic mass is 16.5. The van der Waals surface area contributed by atoms with Gasteiger partial charge in [0.25, 0.3) is 0 Å². The van der Waals surface area contributed by atoms with Crippen LogP contribution in [0, 0.1) is 0 Å². The summed E-state index contributed by atoms with van der Waals surface area (Å²) < 4.78 is 5.14. The van der Waals surface area contributed by atoms with Crippen molar-refractivity contribution in [2.24, 2.45) is 15.8 Å². The highest BCUT2D eigenvalue weighted by Gasteiger charge is 2.23. The summed E-state index contributed by atoms with van der Waals surface area (Å²) in [6.07, 6.45) is 1.58. The van der Waals surface area contributed by atoms with Gasteiger partial charge in [-0.3, -0.25) is 0 Å². The summed E-state index contributed by atoms with van der Waals surface area (Å²) in [6.45, 7) is 2.34. The highest BCUT2D eigenvalue weighted by molar-refractivity contribution is 5.94. The molecule has 11 heavy (non-hydrogen) atoms. The van der Waals surface area contributed by atoms with Crippen molar-refractivity contribution in [3.05, 3.63) is 11.9 Å². The van der Waals surface area contributed by atoms with Crippen LogP contribution in [0.4, 0.5) is 0 Å². The van der Waals surface area contributed by atoms with Crippen LogP contribution in [-0.4, -0.2) is 23.5 Å². The van der Waals surface area contributed by atoms with E-state index in [0.29, 0.717) is 24.2 Å². The summed E-state index contributed by atoms with van der Waals surface area (Å²) in [6, 6.07) is 0.511. The summed E-state index contributed by atoms with van der Waals surface area (Å²) in [4.78, 5) is 3.94. The van der Waals surface area contributed by atoms with Crippen LogP contribution in [0.3, 0.4) is 0 Å². The Hall–Kier alpha value is -1.52. The summed E-state index contributed by atoms with van der Waals surface area (Å²) in [5, 5.41) is 5.67. The average molecular weight is 152 g/mol. The second-order valence-corrected chi connectivity index (χ2v) is 2.39. The molecule has 0 unspecified atom stereocenters. The van der Waals surface area contributed by atoms with Gasteiger partial charge in [0.2, 0.25) is 5.90 Å². The number of amidine groups is 1. The summed E-state index contributed by atoms with van der Waals surface area (Å²) >= 11 is 0. The highest BCUT2D eigenvalue weighted by Crippen LogP contribution is 2.11. The van der Waals surface area contributed by atoms with Gasteiger partial charge in [-0.2, -0.15) is 0 Å². The smallest absolute Gasteiger partial charge is 0.320 e. The van der Waals surface area contributed by atoms with E-state index in [2.05, 4.69) is 10.1 Å². The van der Waals surface area contributed by atoms with E-state index < -0.39 is 0 Å². The van der Waals surface area contributed by atoms with Crippen molar-refractivity contribution in [2.75, 3.05) is 6.54 Å².